The summed E-state index contributed by atoms with van der Waals surface area (Å²) in [5.74, 6) is 0. The van der Waals surface area contributed by atoms with E-state index in [-0.39, 0.29) is 5.41 Å². The lowest BCUT2D eigenvalue weighted by molar-refractivity contribution is 0.645. The monoisotopic (exact) mass is 261 g/mol. The van der Waals surface area contributed by atoms with Crippen molar-refractivity contribution in [1.82, 2.24) is 4.98 Å². The van der Waals surface area contributed by atoms with Crippen LogP contribution in [0.3, 0.4) is 0 Å². The third-order valence-electron chi connectivity index (χ3n) is 4.01. The highest BCUT2D eigenvalue weighted by Gasteiger charge is 2.25. The predicted molar refractivity (Wildman–Crippen MR) is 85.1 cm³/mol. The van der Waals surface area contributed by atoms with Gasteiger partial charge < -0.3 is 0 Å². The van der Waals surface area contributed by atoms with Crippen molar-refractivity contribution in [3.8, 4) is 0 Å². The smallest absolute Gasteiger partial charge is 0.0708 e. The molecule has 0 bridgehead atoms. The van der Waals surface area contributed by atoms with E-state index in [4.69, 9.17) is 0 Å². The van der Waals surface area contributed by atoms with Crippen molar-refractivity contribution in [2.45, 2.75) is 26.2 Å². The van der Waals surface area contributed by atoms with Crippen LogP contribution in [0.4, 0.5) is 0 Å². The molecule has 3 rings (SSSR count). The summed E-state index contributed by atoms with van der Waals surface area (Å²) in [5.41, 5.74) is 4.78. The second kappa shape index (κ2) is 4.75. The summed E-state index contributed by atoms with van der Waals surface area (Å²) in [6.45, 7) is 6.63. The maximum Gasteiger partial charge on any atom is 0.0708 e. The average molecular weight is 261 g/mol. The first kappa shape index (κ1) is 12.9. The zero-order valence-corrected chi connectivity index (χ0v) is 12.2. The van der Waals surface area contributed by atoms with Crippen LogP contribution in [0.1, 0.15) is 30.7 Å². The number of para-hydroxylation sites is 1. The number of hydrogen-bond donors (Lipinski definition) is 0. The summed E-state index contributed by atoms with van der Waals surface area (Å²) in [4.78, 5) is 4.64. The molecule has 0 radical (unpaired) electrons. The fourth-order valence-corrected chi connectivity index (χ4v) is 2.84. The molecule has 0 aliphatic heterocycles. The molecule has 0 spiro atoms. The molecule has 1 heteroatoms. The first-order chi connectivity index (χ1) is 9.59. The maximum absolute atomic E-state index is 4.64. The van der Waals surface area contributed by atoms with Crippen LogP contribution in [-0.4, -0.2) is 4.98 Å². The minimum atomic E-state index is -0.0332. The Morgan fingerprint density at radius 3 is 2.25 bits per heavy atom. The fourth-order valence-electron chi connectivity index (χ4n) is 2.84. The first-order valence-corrected chi connectivity index (χ1v) is 7.01. The Hall–Kier alpha value is -2.15. The lowest BCUT2D eigenvalue weighted by Crippen LogP contribution is -2.19. The number of aromatic nitrogens is 1. The third kappa shape index (κ3) is 2.09. The molecule has 0 atom stereocenters. The van der Waals surface area contributed by atoms with Crippen molar-refractivity contribution in [3.05, 3.63) is 77.5 Å². The van der Waals surface area contributed by atoms with E-state index in [1.165, 1.54) is 16.5 Å². The molecule has 0 N–H and O–H groups in total. The molecule has 0 aliphatic carbocycles. The van der Waals surface area contributed by atoms with E-state index in [1.54, 1.807) is 0 Å². The molecule has 2 aromatic carbocycles. The van der Waals surface area contributed by atoms with Crippen LogP contribution in [0.15, 0.2) is 60.7 Å². The van der Waals surface area contributed by atoms with Crippen molar-refractivity contribution in [1.29, 1.82) is 0 Å². The summed E-state index contributed by atoms with van der Waals surface area (Å²) in [5, 5.41) is 1.24. The highest BCUT2D eigenvalue weighted by atomic mass is 14.7. The standard InChI is InChI=1S/C19H19N/c1-14-13-17(16-11-7-8-12-18(16)20-14)19(2,3)15-9-5-4-6-10-15/h4-13H,1-3H3. The van der Waals surface area contributed by atoms with Crippen LogP contribution in [0.5, 0.6) is 0 Å². The molecule has 0 unspecified atom stereocenters. The van der Waals surface area contributed by atoms with E-state index in [0.29, 0.717) is 0 Å². The zero-order chi connectivity index (χ0) is 14.2. The second-order valence-corrected chi connectivity index (χ2v) is 5.82. The molecule has 1 aromatic heterocycles. The molecule has 1 heterocycles. The molecule has 0 amide bonds. The van der Waals surface area contributed by atoms with Crippen LogP contribution in [-0.2, 0) is 5.41 Å². The van der Waals surface area contributed by atoms with Gasteiger partial charge in [0.1, 0.15) is 0 Å². The zero-order valence-electron chi connectivity index (χ0n) is 12.2. The number of aryl methyl sites for hydroxylation is 1. The van der Waals surface area contributed by atoms with Gasteiger partial charge in [0.25, 0.3) is 0 Å². The van der Waals surface area contributed by atoms with Crippen molar-refractivity contribution in [3.63, 3.8) is 0 Å². The van der Waals surface area contributed by atoms with Gasteiger partial charge in [-0.25, -0.2) is 0 Å². The molecule has 3 aromatic rings. The molecule has 0 fully saturated rings. The number of rotatable bonds is 2. The number of fused-ring (bicyclic) bond motifs is 1. The van der Waals surface area contributed by atoms with Gasteiger partial charge in [0.2, 0.25) is 0 Å². The van der Waals surface area contributed by atoms with Gasteiger partial charge in [-0.3, -0.25) is 4.98 Å². The number of hydrogen-bond acceptors (Lipinski definition) is 1. The number of pyridine rings is 1. The van der Waals surface area contributed by atoms with E-state index < -0.39 is 0 Å². The third-order valence-corrected chi connectivity index (χ3v) is 4.01. The molecule has 1 nitrogen and oxygen atoms in total. The van der Waals surface area contributed by atoms with Gasteiger partial charge in [-0.05, 0) is 30.2 Å². The highest BCUT2D eigenvalue weighted by molar-refractivity contribution is 5.84. The summed E-state index contributed by atoms with van der Waals surface area (Å²) in [6, 6.07) is 21.3. The van der Waals surface area contributed by atoms with Crippen LogP contribution < -0.4 is 0 Å². The minimum Gasteiger partial charge on any atom is -0.253 e. The lowest BCUT2D eigenvalue weighted by Gasteiger charge is -2.27. The Balaban J connectivity index is 2.28. The first-order valence-electron chi connectivity index (χ1n) is 7.01. The second-order valence-electron chi connectivity index (χ2n) is 5.82. The largest absolute Gasteiger partial charge is 0.253 e. The molecular weight excluding hydrogens is 242 g/mol. The maximum atomic E-state index is 4.64. The van der Waals surface area contributed by atoms with E-state index in [1.807, 2.05) is 6.07 Å². The average Bonchev–Trinajstić information content (AvgIpc) is 2.47. The summed E-state index contributed by atoms with van der Waals surface area (Å²) < 4.78 is 0. The van der Waals surface area contributed by atoms with Crippen LogP contribution in [0, 0.1) is 6.92 Å². The Morgan fingerprint density at radius 2 is 1.50 bits per heavy atom. The molecule has 20 heavy (non-hydrogen) atoms. The van der Waals surface area contributed by atoms with Gasteiger partial charge in [0.05, 0.1) is 5.52 Å². The fraction of sp³-hybridized carbons (Fsp3) is 0.211. The van der Waals surface area contributed by atoms with Gasteiger partial charge in [-0.2, -0.15) is 0 Å². The SMILES string of the molecule is Cc1cc(C(C)(C)c2ccccc2)c2ccccc2n1. The quantitative estimate of drug-likeness (QED) is 0.641. The highest BCUT2D eigenvalue weighted by Crippen LogP contribution is 2.35. The van der Waals surface area contributed by atoms with E-state index in [0.717, 1.165) is 11.2 Å². The van der Waals surface area contributed by atoms with E-state index in [2.05, 4.69) is 80.4 Å². The molecule has 0 aliphatic rings. The number of benzene rings is 2. The van der Waals surface area contributed by atoms with Gasteiger partial charge in [0, 0.05) is 16.5 Å². The van der Waals surface area contributed by atoms with Gasteiger partial charge in [-0.15, -0.1) is 0 Å². The van der Waals surface area contributed by atoms with E-state index >= 15 is 0 Å². The Labute approximate surface area is 120 Å². The Bertz CT molecular complexity index is 742. The minimum absolute atomic E-state index is 0.0332. The molecule has 0 saturated carbocycles. The topological polar surface area (TPSA) is 12.9 Å². The van der Waals surface area contributed by atoms with E-state index in [9.17, 15) is 0 Å². The summed E-state index contributed by atoms with van der Waals surface area (Å²) in [7, 11) is 0. The summed E-state index contributed by atoms with van der Waals surface area (Å²) in [6.07, 6.45) is 0. The van der Waals surface area contributed by atoms with Crippen molar-refractivity contribution < 1.29 is 0 Å². The summed E-state index contributed by atoms with van der Waals surface area (Å²) >= 11 is 0. The predicted octanol–water partition coefficient (Wildman–Crippen LogP) is 4.87. The van der Waals surface area contributed by atoms with Crippen molar-refractivity contribution in [2.24, 2.45) is 0 Å². The van der Waals surface area contributed by atoms with Crippen molar-refractivity contribution in [2.75, 3.05) is 0 Å². The molecular formula is C19H19N. The Morgan fingerprint density at radius 1 is 0.850 bits per heavy atom. The molecule has 0 saturated heterocycles. The van der Waals surface area contributed by atoms with Crippen LogP contribution in [0.2, 0.25) is 0 Å². The normalized spacial score (nSPS) is 11.8. The molecule has 100 valence electrons. The van der Waals surface area contributed by atoms with Crippen LogP contribution in [0.25, 0.3) is 10.9 Å². The lowest BCUT2D eigenvalue weighted by atomic mass is 9.76. The number of nitrogens with zero attached hydrogens (tertiary/aromatic N) is 1. The Kier molecular flexibility index (Phi) is 3.06. The van der Waals surface area contributed by atoms with Crippen molar-refractivity contribution >= 4 is 10.9 Å². The van der Waals surface area contributed by atoms with Crippen LogP contribution >= 0.6 is 0 Å². The van der Waals surface area contributed by atoms with Gasteiger partial charge >= 0.3 is 0 Å². The van der Waals surface area contributed by atoms with Gasteiger partial charge in [0.15, 0.2) is 0 Å². The van der Waals surface area contributed by atoms with Gasteiger partial charge in [-0.1, -0.05) is 62.4 Å².